The van der Waals surface area contributed by atoms with Gasteiger partial charge in [-0.2, -0.15) is 0 Å². The molecule has 1 fully saturated rings. The van der Waals surface area contributed by atoms with Crippen LogP contribution >= 0.6 is 0 Å². The zero-order chi connectivity index (χ0) is 10.3. The molecular weight excluding hydrogens is 158 g/mol. The van der Waals surface area contributed by atoms with E-state index in [1.54, 1.807) is 0 Å². The summed E-state index contributed by atoms with van der Waals surface area (Å²) in [7, 11) is 0. The van der Waals surface area contributed by atoms with Gasteiger partial charge in [-0.1, -0.05) is 46.8 Å². The summed E-state index contributed by atoms with van der Waals surface area (Å²) in [5, 5.41) is 3.59. The molecular formula is C12H23N. The molecule has 1 nitrogen and oxygen atoms in total. The number of hydrogen-bond donors (Lipinski definition) is 1. The van der Waals surface area contributed by atoms with Gasteiger partial charge in [0.15, 0.2) is 0 Å². The highest BCUT2D eigenvalue weighted by molar-refractivity contribution is 5.18. The second-order valence-electron chi connectivity index (χ2n) is 5.36. The summed E-state index contributed by atoms with van der Waals surface area (Å²) < 4.78 is 0. The molecule has 1 saturated carbocycles. The summed E-state index contributed by atoms with van der Waals surface area (Å²) in [6.07, 6.45) is 1.08. The lowest BCUT2D eigenvalue weighted by Gasteiger charge is -2.06. The molecule has 1 rings (SSSR count). The first-order chi connectivity index (χ1) is 5.84. The molecule has 1 heteroatoms. The maximum atomic E-state index is 4.01. The van der Waals surface area contributed by atoms with Crippen LogP contribution in [-0.4, -0.2) is 12.6 Å². The summed E-state index contributed by atoms with van der Waals surface area (Å²) in [5.74, 6) is 0. The largest absolute Gasteiger partial charge is 0.309 e. The summed E-state index contributed by atoms with van der Waals surface area (Å²) in [6, 6.07) is 0.656. The van der Waals surface area contributed by atoms with Gasteiger partial charge in [-0.15, -0.1) is 0 Å². The van der Waals surface area contributed by atoms with Crippen molar-refractivity contribution in [2.45, 2.75) is 47.1 Å². The Hall–Kier alpha value is -0.300. The highest BCUT2D eigenvalue weighted by atomic mass is 15.0. The summed E-state index contributed by atoms with van der Waals surface area (Å²) >= 11 is 0. The van der Waals surface area contributed by atoms with E-state index in [2.05, 4.69) is 46.5 Å². The molecule has 1 aliphatic carbocycles. The van der Waals surface area contributed by atoms with Crippen molar-refractivity contribution in [1.29, 1.82) is 0 Å². The van der Waals surface area contributed by atoms with Crippen LogP contribution in [0.15, 0.2) is 12.2 Å². The van der Waals surface area contributed by atoms with Crippen molar-refractivity contribution in [1.82, 2.24) is 5.32 Å². The average Bonchev–Trinajstić information content (AvgIpc) is 2.40. The zero-order valence-corrected chi connectivity index (χ0v) is 9.70. The van der Waals surface area contributed by atoms with Gasteiger partial charge in [-0.25, -0.2) is 0 Å². The Bertz CT molecular complexity index is 199. The molecule has 0 saturated heterocycles. The summed E-state index contributed by atoms with van der Waals surface area (Å²) in [6.45, 7) is 16.5. The van der Waals surface area contributed by atoms with Gasteiger partial charge >= 0.3 is 0 Å². The quantitative estimate of drug-likeness (QED) is 0.657. The van der Waals surface area contributed by atoms with Crippen LogP contribution < -0.4 is 5.32 Å². The Morgan fingerprint density at radius 2 is 1.69 bits per heavy atom. The van der Waals surface area contributed by atoms with Gasteiger partial charge < -0.3 is 5.32 Å². The van der Waals surface area contributed by atoms with Gasteiger partial charge in [0.1, 0.15) is 0 Å². The van der Waals surface area contributed by atoms with Gasteiger partial charge in [-0.3, -0.25) is 0 Å². The molecule has 0 unspecified atom stereocenters. The van der Waals surface area contributed by atoms with E-state index in [1.807, 2.05) is 0 Å². The molecule has 0 aromatic carbocycles. The Morgan fingerprint density at radius 1 is 1.23 bits per heavy atom. The van der Waals surface area contributed by atoms with E-state index in [0.29, 0.717) is 16.9 Å². The second-order valence-corrected chi connectivity index (χ2v) is 5.36. The van der Waals surface area contributed by atoms with Crippen molar-refractivity contribution in [3.05, 3.63) is 12.2 Å². The van der Waals surface area contributed by atoms with Crippen LogP contribution in [-0.2, 0) is 0 Å². The predicted octanol–water partition coefficient (Wildman–Crippen LogP) is 2.98. The Labute approximate surface area is 82.6 Å². The number of hydrogen-bond acceptors (Lipinski definition) is 1. The molecule has 0 radical (unpaired) electrons. The Kier molecular flexibility index (Phi) is 2.59. The SMILES string of the molecule is C=C(CC)CNC1C(C)(C)C1(C)C. The minimum Gasteiger partial charge on any atom is -0.309 e. The Morgan fingerprint density at radius 3 is 2.00 bits per heavy atom. The molecule has 0 aliphatic heterocycles. The molecule has 1 aliphatic rings. The molecule has 0 heterocycles. The van der Waals surface area contributed by atoms with Crippen molar-refractivity contribution >= 4 is 0 Å². The van der Waals surface area contributed by atoms with Crippen molar-refractivity contribution in [2.75, 3.05) is 6.54 Å². The zero-order valence-electron chi connectivity index (χ0n) is 9.70. The van der Waals surface area contributed by atoms with E-state index in [9.17, 15) is 0 Å². The van der Waals surface area contributed by atoms with Crippen molar-refractivity contribution in [3.63, 3.8) is 0 Å². The van der Waals surface area contributed by atoms with Gasteiger partial charge in [0, 0.05) is 12.6 Å². The van der Waals surface area contributed by atoms with Gasteiger partial charge in [-0.05, 0) is 17.3 Å². The third-order valence-corrected chi connectivity index (χ3v) is 4.08. The lowest BCUT2D eigenvalue weighted by Crippen LogP contribution is -2.24. The van der Waals surface area contributed by atoms with Crippen molar-refractivity contribution in [3.8, 4) is 0 Å². The van der Waals surface area contributed by atoms with Crippen molar-refractivity contribution in [2.24, 2.45) is 10.8 Å². The third kappa shape index (κ3) is 1.67. The van der Waals surface area contributed by atoms with Crippen LogP contribution in [0.5, 0.6) is 0 Å². The molecule has 0 amide bonds. The predicted molar refractivity (Wildman–Crippen MR) is 58.8 cm³/mol. The molecule has 0 aromatic heterocycles. The highest BCUT2D eigenvalue weighted by Gasteiger charge is 2.64. The van der Waals surface area contributed by atoms with E-state index in [1.165, 1.54) is 5.57 Å². The minimum atomic E-state index is 0.445. The molecule has 1 N–H and O–H groups in total. The molecule has 0 bridgehead atoms. The van der Waals surface area contributed by atoms with E-state index >= 15 is 0 Å². The average molecular weight is 181 g/mol. The van der Waals surface area contributed by atoms with Gasteiger partial charge in [0.25, 0.3) is 0 Å². The molecule has 76 valence electrons. The fraction of sp³-hybridized carbons (Fsp3) is 0.833. The first-order valence-corrected chi connectivity index (χ1v) is 5.24. The first kappa shape index (κ1) is 10.8. The fourth-order valence-electron chi connectivity index (χ4n) is 2.08. The van der Waals surface area contributed by atoms with Crippen LogP contribution in [0.4, 0.5) is 0 Å². The van der Waals surface area contributed by atoms with Crippen LogP contribution in [0.3, 0.4) is 0 Å². The second kappa shape index (κ2) is 3.13. The van der Waals surface area contributed by atoms with Crippen LogP contribution in [0.1, 0.15) is 41.0 Å². The number of rotatable bonds is 4. The molecule has 13 heavy (non-hydrogen) atoms. The highest BCUT2D eigenvalue weighted by Crippen LogP contribution is 2.62. The number of nitrogens with one attached hydrogen (secondary N) is 1. The monoisotopic (exact) mass is 181 g/mol. The normalized spacial score (nSPS) is 24.4. The van der Waals surface area contributed by atoms with Crippen LogP contribution in [0.2, 0.25) is 0 Å². The van der Waals surface area contributed by atoms with Gasteiger partial charge in [0.05, 0.1) is 0 Å². The lowest BCUT2D eigenvalue weighted by atomic mass is 10.0. The van der Waals surface area contributed by atoms with Crippen molar-refractivity contribution < 1.29 is 0 Å². The standard InChI is InChI=1S/C12H23N/c1-7-9(2)8-13-10-11(3,4)12(10,5)6/h10,13H,2,7-8H2,1,3-6H3. The Balaban J connectivity index is 2.38. The van der Waals surface area contributed by atoms with E-state index in [-0.39, 0.29) is 0 Å². The van der Waals surface area contributed by atoms with Crippen LogP contribution in [0, 0.1) is 10.8 Å². The maximum absolute atomic E-state index is 4.01. The fourth-order valence-corrected chi connectivity index (χ4v) is 2.08. The van der Waals surface area contributed by atoms with E-state index in [0.717, 1.165) is 13.0 Å². The maximum Gasteiger partial charge on any atom is 0.0184 e. The van der Waals surface area contributed by atoms with Crippen LogP contribution in [0.25, 0.3) is 0 Å². The summed E-state index contributed by atoms with van der Waals surface area (Å²) in [4.78, 5) is 0. The lowest BCUT2D eigenvalue weighted by molar-refractivity contribution is 0.457. The topological polar surface area (TPSA) is 12.0 Å². The smallest absolute Gasteiger partial charge is 0.0184 e. The van der Waals surface area contributed by atoms with Gasteiger partial charge in [0.2, 0.25) is 0 Å². The minimum absolute atomic E-state index is 0.445. The summed E-state index contributed by atoms with van der Waals surface area (Å²) in [5.41, 5.74) is 2.20. The van der Waals surface area contributed by atoms with E-state index < -0.39 is 0 Å². The van der Waals surface area contributed by atoms with E-state index in [4.69, 9.17) is 0 Å². The molecule has 0 aromatic rings. The molecule has 0 spiro atoms. The third-order valence-electron chi connectivity index (χ3n) is 4.08. The molecule has 0 atom stereocenters. The first-order valence-electron chi connectivity index (χ1n) is 5.24.